The van der Waals surface area contributed by atoms with E-state index in [1.54, 1.807) is 0 Å². The Hall–Kier alpha value is -0.940. The molecule has 5 heteroatoms. The SMILES string of the molecule is Cc1noc(C2CCN(C3CCOCC3)CC2)n1. The molecule has 2 aliphatic rings. The van der Waals surface area contributed by atoms with Crippen molar-refractivity contribution in [3.8, 4) is 0 Å². The monoisotopic (exact) mass is 251 g/mol. The molecule has 1 aromatic rings. The van der Waals surface area contributed by atoms with Crippen molar-refractivity contribution in [2.45, 2.75) is 44.6 Å². The maximum absolute atomic E-state index is 5.42. The Labute approximate surface area is 107 Å². The molecule has 2 aliphatic heterocycles. The van der Waals surface area contributed by atoms with Crippen LogP contribution in [-0.4, -0.2) is 47.4 Å². The van der Waals surface area contributed by atoms with Crippen molar-refractivity contribution in [1.29, 1.82) is 0 Å². The number of likely N-dealkylation sites (tertiary alicyclic amines) is 1. The zero-order chi connectivity index (χ0) is 12.4. The molecule has 1 aromatic heterocycles. The first-order valence-electron chi connectivity index (χ1n) is 6.95. The smallest absolute Gasteiger partial charge is 0.229 e. The molecule has 0 saturated carbocycles. The number of ether oxygens (including phenoxy) is 1. The van der Waals surface area contributed by atoms with Crippen molar-refractivity contribution < 1.29 is 9.26 Å². The molecule has 2 fully saturated rings. The van der Waals surface area contributed by atoms with E-state index in [0.717, 1.165) is 56.9 Å². The van der Waals surface area contributed by atoms with Crippen molar-refractivity contribution in [3.63, 3.8) is 0 Å². The molecular formula is C13H21N3O2. The molecule has 0 spiro atoms. The highest BCUT2D eigenvalue weighted by Gasteiger charge is 2.29. The van der Waals surface area contributed by atoms with Crippen molar-refractivity contribution in [2.24, 2.45) is 0 Å². The van der Waals surface area contributed by atoms with E-state index in [1.165, 1.54) is 12.8 Å². The van der Waals surface area contributed by atoms with Crippen molar-refractivity contribution in [3.05, 3.63) is 11.7 Å². The summed E-state index contributed by atoms with van der Waals surface area (Å²) in [6, 6.07) is 0.726. The van der Waals surface area contributed by atoms with Crippen molar-refractivity contribution >= 4 is 0 Å². The Morgan fingerprint density at radius 3 is 2.44 bits per heavy atom. The molecule has 0 unspecified atom stereocenters. The predicted molar refractivity (Wildman–Crippen MR) is 66.4 cm³/mol. The van der Waals surface area contributed by atoms with E-state index in [-0.39, 0.29) is 0 Å². The number of hydrogen-bond acceptors (Lipinski definition) is 5. The molecule has 18 heavy (non-hydrogen) atoms. The Morgan fingerprint density at radius 1 is 1.11 bits per heavy atom. The molecule has 0 N–H and O–H groups in total. The second-order valence-electron chi connectivity index (χ2n) is 5.33. The van der Waals surface area contributed by atoms with Gasteiger partial charge in [0.05, 0.1) is 0 Å². The largest absolute Gasteiger partial charge is 0.381 e. The van der Waals surface area contributed by atoms with Crippen LogP contribution in [0.4, 0.5) is 0 Å². The number of aromatic nitrogens is 2. The fraction of sp³-hybridized carbons (Fsp3) is 0.846. The normalized spacial score (nSPS) is 24.5. The second-order valence-corrected chi connectivity index (χ2v) is 5.33. The lowest BCUT2D eigenvalue weighted by atomic mass is 9.94. The van der Waals surface area contributed by atoms with E-state index in [0.29, 0.717) is 5.92 Å². The van der Waals surface area contributed by atoms with E-state index >= 15 is 0 Å². The number of nitrogens with zero attached hydrogens (tertiary/aromatic N) is 3. The van der Waals surface area contributed by atoms with E-state index in [1.807, 2.05) is 6.92 Å². The van der Waals surface area contributed by atoms with Gasteiger partial charge in [-0.1, -0.05) is 5.16 Å². The number of aryl methyl sites for hydroxylation is 1. The highest BCUT2D eigenvalue weighted by molar-refractivity contribution is 4.96. The van der Waals surface area contributed by atoms with Crippen LogP contribution in [-0.2, 0) is 4.74 Å². The summed E-state index contributed by atoms with van der Waals surface area (Å²) in [4.78, 5) is 6.97. The number of piperidine rings is 1. The van der Waals surface area contributed by atoms with E-state index < -0.39 is 0 Å². The first-order chi connectivity index (χ1) is 8.83. The van der Waals surface area contributed by atoms with Crippen LogP contribution in [0.5, 0.6) is 0 Å². The molecule has 0 atom stereocenters. The topological polar surface area (TPSA) is 51.4 Å². The van der Waals surface area contributed by atoms with Gasteiger partial charge in [0.1, 0.15) is 0 Å². The zero-order valence-corrected chi connectivity index (χ0v) is 11.0. The standard InChI is InChI=1S/C13H21N3O2/c1-10-14-13(18-15-10)11-2-6-16(7-3-11)12-4-8-17-9-5-12/h11-12H,2-9H2,1H3. The van der Waals surface area contributed by atoms with E-state index in [9.17, 15) is 0 Å². The van der Waals surface area contributed by atoms with E-state index in [2.05, 4.69) is 15.0 Å². The summed E-state index contributed by atoms with van der Waals surface area (Å²) in [7, 11) is 0. The minimum Gasteiger partial charge on any atom is -0.381 e. The fourth-order valence-corrected chi connectivity index (χ4v) is 3.04. The Kier molecular flexibility index (Phi) is 3.61. The van der Waals surface area contributed by atoms with Gasteiger partial charge in [-0.05, 0) is 45.7 Å². The van der Waals surface area contributed by atoms with Gasteiger partial charge in [-0.15, -0.1) is 0 Å². The average molecular weight is 251 g/mol. The van der Waals surface area contributed by atoms with Gasteiger partial charge in [0.2, 0.25) is 5.89 Å². The van der Waals surface area contributed by atoms with Gasteiger partial charge in [0.25, 0.3) is 0 Å². The minimum absolute atomic E-state index is 0.460. The molecule has 3 heterocycles. The molecule has 0 aliphatic carbocycles. The fourth-order valence-electron chi connectivity index (χ4n) is 3.04. The Bertz CT molecular complexity index is 379. The molecule has 0 amide bonds. The quantitative estimate of drug-likeness (QED) is 0.801. The minimum atomic E-state index is 0.460. The van der Waals surface area contributed by atoms with Crippen LogP contribution in [0.15, 0.2) is 4.52 Å². The molecular weight excluding hydrogens is 230 g/mol. The molecule has 0 bridgehead atoms. The lowest BCUT2D eigenvalue weighted by Crippen LogP contribution is -2.43. The van der Waals surface area contributed by atoms with Gasteiger partial charge >= 0.3 is 0 Å². The van der Waals surface area contributed by atoms with E-state index in [4.69, 9.17) is 9.26 Å². The van der Waals surface area contributed by atoms with Crippen molar-refractivity contribution in [1.82, 2.24) is 15.0 Å². The summed E-state index contributed by atoms with van der Waals surface area (Å²) in [6.45, 7) is 6.03. The molecule has 5 nitrogen and oxygen atoms in total. The van der Waals surface area contributed by atoms with Crippen LogP contribution >= 0.6 is 0 Å². The first-order valence-corrected chi connectivity index (χ1v) is 6.95. The summed E-state index contributed by atoms with van der Waals surface area (Å²) in [5.41, 5.74) is 0. The van der Waals surface area contributed by atoms with Gasteiger partial charge in [-0.2, -0.15) is 4.98 Å². The lowest BCUT2D eigenvalue weighted by molar-refractivity contribution is 0.0239. The Balaban J connectivity index is 1.54. The molecule has 2 saturated heterocycles. The highest BCUT2D eigenvalue weighted by Crippen LogP contribution is 2.29. The molecule has 0 aromatic carbocycles. The van der Waals surface area contributed by atoms with Crippen LogP contribution in [0.25, 0.3) is 0 Å². The van der Waals surface area contributed by atoms with Gasteiger partial charge in [-0.3, -0.25) is 0 Å². The molecule has 0 radical (unpaired) electrons. The van der Waals surface area contributed by atoms with Gasteiger partial charge in [0, 0.05) is 25.2 Å². The second kappa shape index (κ2) is 5.36. The summed E-state index contributed by atoms with van der Waals surface area (Å²) in [5, 5.41) is 3.88. The summed E-state index contributed by atoms with van der Waals surface area (Å²) in [6.07, 6.45) is 4.65. The Morgan fingerprint density at radius 2 is 1.83 bits per heavy atom. The van der Waals surface area contributed by atoms with Crippen molar-refractivity contribution in [2.75, 3.05) is 26.3 Å². The average Bonchev–Trinajstić information content (AvgIpc) is 2.87. The van der Waals surface area contributed by atoms with Gasteiger partial charge in [-0.25, -0.2) is 0 Å². The maximum atomic E-state index is 5.42. The van der Waals surface area contributed by atoms with Gasteiger partial charge in [0.15, 0.2) is 5.82 Å². The van der Waals surface area contributed by atoms with Crippen LogP contribution in [0.1, 0.15) is 43.3 Å². The van der Waals surface area contributed by atoms with Gasteiger partial charge < -0.3 is 14.2 Å². The number of rotatable bonds is 2. The van der Waals surface area contributed by atoms with Crippen LogP contribution in [0, 0.1) is 6.92 Å². The summed E-state index contributed by atoms with van der Waals surface area (Å²) >= 11 is 0. The lowest BCUT2D eigenvalue weighted by Gasteiger charge is -2.38. The molecule has 3 rings (SSSR count). The summed E-state index contributed by atoms with van der Waals surface area (Å²) in [5.74, 6) is 2.04. The third kappa shape index (κ3) is 2.57. The predicted octanol–water partition coefficient (Wildman–Crippen LogP) is 1.74. The maximum Gasteiger partial charge on any atom is 0.229 e. The highest BCUT2D eigenvalue weighted by atomic mass is 16.5. The van der Waals surface area contributed by atoms with Crippen LogP contribution in [0.2, 0.25) is 0 Å². The third-order valence-electron chi connectivity index (χ3n) is 4.13. The summed E-state index contributed by atoms with van der Waals surface area (Å²) < 4.78 is 10.7. The zero-order valence-electron chi connectivity index (χ0n) is 11.0. The van der Waals surface area contributed by atoms with Crippen LogP contribution in [0.3, 0.4) is 0 Å². The van der Waals surface area contributed by atoms with Crippen LogP contribution < -0.4 is 0 Å². The first kappa shape index (κ1) is 12.1. The molecule has 100 valence electrons. The third-order valence-corrected chi connectivity index (χ3v) is 4.13. The number of hydrogen-bond donors (Lipinski definition) is 0.